The van der Waals surface area contributed by atoms with E-state index in [-0.39, 0.29) is 0 Å². The molecule has 0 bridgehead atoms. The average Bonchev–Trinajstić information content (AvgIpc) is 2.42. The molecule has 18 heavy (non-hydrogen) atoms. The molecule has 106 valence electrons. The van der Waals surface area contributed by atoms with Gasteiger partial charge < -0.3 is 15.1 Å². The van der Waals surface area contributed by atoms with Crippen LogP contribution in [0.15, 0.2) is 0 Å². The number of hydrogen-bond acceptors (Lipinski definition) is 3. The SMILES string of the molecule is CCN1CCC(NCCC2CCN(C)CC2)CC1. The summed E-state index contributed by atoms with van der Waals surface area (Å²) in [5.41, 5.74) is 0. The predicted molar refractivity (Wildman–Crippen MR) is 78.0 cm³/mol. The number of rotatable bonds is 5. The van der Waals surface area contributed by atoms with Crippen LogP contribution in [0.25, 0.3) is 0 Å². The van der Waals surface area contributed by atoms with Crippen molar-refractivity contribution in [3.8, 4) is 0 Å². The van der Waals surface area contributed by atoms with Crippen molar-refractivity contribution in [2.45, 2.75) is 45.1 Å². The Hall–Kier alpha value is -0.120. The first-order chi connectivity index (χ1) is 8.78. The number of likely N-dealkylation sites (tertiary alicyclic amines) is 2. The van der Waals surface area contributed by atoms with Gasteiger partial charge >= 0.3 is 0 Å². The molecule has 2 aliphatic rings. The van der Waals surface area contributed by atoms with Crippen molar-refractivity contribution >= 4 is 0 Å². The second kappa shape index (κ2) is 7.46. The van der Waals surface area contributed by atoms with Crippen molar-refractivity contribution in [3.05, 3.63) is 0 Å². The summed E-state index contributed by atoms with van der Waals surface area (Å²) in [6.07, 6.45) is 6.91. The van der Waals surface area contributed by atoms with Crippen molar-refractivity contribution in [2.24, 2.45) is 5.92 Å². The molecule has 0 spiro atoms. The van der Waals surface area contributed by atoms with Gasteiger partial charge in [0.1, 0.15) is 0 Å². The molecule has 0 unspecified atom stereocenters. The Morgan fingerprint density at radius 3 is 2.28 bits per heavy atom. The number of piperidine rings is 2. The molecule has 2 aliphatic heterocycles. The molecule has 2 fully saturated rings. The monoisotopic (exact) mass is 253 g/mol. The van der Waals surface area contributed by atoms with Crippen LogP contribution in [0.2, 0.25) is 0 Å². The van der Waals surface area contributed by atoms with Crippen molar-refractivity contribution in [1.29, 1.82) is 0 Å². The summed E-state index contributed by atoms with van der Waals surface area (Å²) in [6, 6.07) is 0.791. The van der Waals surface area contributed by atoms with E-state index < -0.39 is 0 Å². The second-order valence-electron chi connectivity index (χ2n) is 6.20. The highest BCUT2D eigenvalue weighted by atomic mass is 15.1. The van der Waals surface area contributed by atoms with Gasteiger partial charge in [-0.15, -0.1) is 0 Å². The molecular weight excluding hydrogens is 222 g/mol. The fourth-order valence-electron chi connectivity index (χ4n) is 3.30. The van der Waals surface area contributed by atoms with Gasteiger partial charge in [-0.3, -0.25) is 0 Å². The van der Waals surface area contributed by atoms with Gasteiger partial charge in [-0.2, -0.15) is 0 Å². The lowest BCUT2D eigenvalue weighted by Crippen LogP contribution is -2.43. The molecule has 2 saturated heterocycles. The Morgan fingerprint density at radius 1 is 1.00 bits per heavy atom. The largest absolute Gasteiger partial charge is 0.314 e. The Labute approximate surface area is 113 Å². The first-order valence-corrected chi connectivity index (χ1v) is 7.92. The molecule has 0 aromatic rings. The molecule has 2 heterocycles. The molecule has 0 aromatic carbocycles. The molecule has 3 nitrogen and oxygen atoms in total. The van der Waals surface area contributed by atoms with Gasteiger partial charge in [0, 0.05) is 6.04 Å². The van der Waals surface area contributed by atoms with Crippen LogP contribution in [0.3, 0.4) is 0 Å². The van der Waals surface area contributed by atoms with Crippen LogP contribution in [0.5, 0.6) is 0 Å². The first-order valence-electron chi connectivity index (χ1n) is 7.92. The molecule has 0 atom stereocenters. The van der Waals surface area contributed by atoms with E-state index in [2.05, 4.69) is 29.1 Å². The van der Waals surface area contributed by atoms with E-state index in [0.29, 0.717) is 0 Å². The van der Waals surface area contributed by atoms with E-state index in [0.717, 1.165) is 12.0 Å². The molecule has 0 aliphatic carbocycles. The van der Waals surface area contributed by atoms with Crippen LogP contribution in [0.1, 0.15) is 39.0 Å². The maximum Gasteiger partial charge on any atom is 0.00914 e. The number of nitrogens with zero attached hydrogens (tertiary/aromatic N) is 2. The highest BCUT2D eigenvalue weighted by Crippen LogP contribution is 2.19. The summed E-state index contributed by atoms with van der Waals surface area (Å²) in [5.74, 6) is 0.976. The van der Waals surface area contributed by atoms with Gasteiger partial charge in [-0.1, -0.05) is 6.92 Å². The van der Waals surface area contributed by atoms with E-state index in [1.165, 1.54) is 71.4 Å². The zero-order chi connectivity index (χ0) is 12.8. The molecule has 1 N–H and O–H groups in total. The van der Waals surface area contributed by atoms with Crippen molar-refractivity contribution < 1.29 is 0 Å². The lowest BCUT2D eigenvalue weighted by Gasteiger charge is -2.33. The highest BCUT2D eigenvalue weighted by molar-refractivity contribution is 4.77. The van der Waals surface area contributed by atoms with Crippen molar-refractivity contribution in [2.75, 3.05) is 46.3 Å². The van der Waals surface area contributed by atoms with Crippen molar-refractivity contribution in [3.63, 3.8) is 0 Å². The third kappa shape index (κ3) is 4.52. The van der Waals surface area contributed by atoms with Gasteiger partial charge in [0.15, 0.2) is 0 Å². The average molecular weight is 253 g/mol. The van der Waals surface area contributed by atoms with Crippen LogP contribution in [-0.4, -0.2) is 62.2 Å². The third-order valence-electron chi connectivity index (χ3n) is 4.86. The Bertz CT molecular complexity index is 216. The van der Waals surface area contributed by atoms with Gasteiger partial charge in [-0.25, -0.2) is 0 Å². The fourth-order valence-corrected chi connectivity index (χ4v) is 3.30. The summed E-state index contributed by atoms with van der Waals surface area (Å²) >= 11 is 0. The minimum Gasteiger partial charge on any atom is -0.314 e. The minimum atomic E-state index is 0.791. The normalized spacial score (nSPS) is 25.7. The van der Waals surface area contributed by atoms with Gasteiger partial charge in [0.2, 0.25) is 0 Å². The van der Waals surface area contributed by atoms with E-state index in [1.807, 2.05) is 0 Å². The van der Waals surface area contributed by atoms with Crippen LogP contribution < -0.4 is 5.32 Å². The van der Waals surface area contributed by atoms with E-state index in [1.54, 1.807) is 0 Å². The maximum absolute atomic E-state index is 3.78. The standard InChI is InChI=1S/C15H31N3/c1-3-18-12-7-15(8-13-18)16-9-4-14-5-10-17(2)11-6-14/h14-16H,3-13H2,1-2H3. The van der Waals surface area contributed by atoms with Gasteiger partial charge in [0.05, 0.1) is 0 Å². The van der Waals surface area contributed by atoms with E-state index in [9.17, 15) is 0 Å². The molecule has 0 aromatic heterocycles. The number of hydrogen-bond donors (Lipinski definition) is 1. The zero-order valence-electron chi connectivity index (χ0n) is 12.3. The Kier molecular flexibility index (Phi) is 5.93. The summed E-state index contributed by atoms with van der Waals surface area (Å²) < 4.78 is 0. The summed E-state index contributed by atoms with van der Waals surface area (Å²) in [5, 5.41) is 3.78. The molecule has 3 heteroatoms. The smallest absolute Gasteiger partial charge is 0.00914 e. The van der Waals surface area contributed by atoms with Crippen LogP contribution >= 0.6 is 0 Å². The second-order valence-corrected chi connectivity index (χ2v) is 6.20. The molecule has 0 amide bonds. The zero-order valence-corrected chi connectivity index (χ0v) is 12.3. The lowest BCUT2D eigenvalue weighted by molar-refractivity contribution is 0.193. The Balaban J connectivity index is 1.53. The van der Waals surface area contributed by atoms with Crippen molar-refractivity contribution in [1.82, 2.24) is 15.1 Å². The molecule has 0 saturated carbocycles. The first kappa shape index (κ1) is 14.3. The molecule has 0 radical (unpaired) electrons. The highest BCUT2D eigenvalue weighted by Gasteiger charge is 2.19. The van der Waals surface area contributed by atoms with Crippen LogP contribution in [0, 0.1) is 5.92 Å². The van der Waals surface area contributed by atoms with Crippen LogP contribution in [-0.2, 0) is 0 Å². The van der Waals surface area contributed by atoms with E-state index >= 15 is 0 Å². The van der Waals surface area contributed by atoms with Crippen LogP contribution in [0.4, 0.5) is 0 Å². The third-order valence-corrected chi connectivity index (χ3v) is 4.86. The summed E-state index contributed by atoms with van der Waals surface area (Å²) in [6.45, 7) is 9.94. The van der Waals surface area contributed by atoms with E-state index in [4.69, 9.17) is 0 Å². The summed E-state index contributed by atoms with van der Waals surface area (Å²) in [7, 11) is 2.25. The minimum absolute atomic E-state index is 0.791. The maximum atomic E-state index is 3.78. The quantitative estimate of drug-likeness (QED) is 0.806. The molecule has 2 rings (SSSR count). The summed E-state index contributed by atoms with van der Waals surface area (Å²) in [4.78, 5) is 5.03. The van der Waals surface area contributed by atoms with Gasteiger partial charge in [-0.05, 0) is 84.3 Å². The predicted octanol–water partition coefficient (Wildman–Crippen LogP) is 1.79. The topological polar surface area (TPSA) is 18.5 Å². The fraction of sp³-hybridized carbons (Fsp3) is 1.00. The molecular formula is C15H31N3. The van der Waals surface area contributed by atoms with Gasteiger partial charge in [0.25, 0.3) is 0 Å². The number of nitrogens with one attached hydrogen (secondary N) is 1. The Morgan fingerprint density at radius 2 is 1.67 bits per heavy atom. The lowest BCUT2D eigenvalue weighted by atomic mass is 9.93.